The van der Waals surface area contributed by atoms with E-state index < -0.39 is 0 Å². The van der Waals surface area contributed by atoms with Crippen LogP contribution in [-0.4, -0.2) is 14.0 Å². The molecule has 9 rings (SSSR count). The Labute approximate surface area is 238 Å². The molecule has 0 aliphatic heterocycles. The summed E-state index contributed by atoms with van der Waals surface area (Å²) >= 11 is 0. The maximum Gasteiger partial charge on any atom is 0.198 e. The Balaban J connectivity index is 1.58. The molecular weight excluding hydrogens is 518 g/mol. The average molecular weight is 540 g/mol. The van der Waals surface area contributed by atoms with Crippen LogP contribution in [-0.2, 0) is 0 Å². The number of hydrogen-bond acceptors (Lipinski definition) is 3. The SMILES string of the molecule is O=c1c2ccccc2n2c3cc4c(cc3c(=O)c3cncc1c32)c1c(-c2ccccc2)cccc1n4-c1ccccc1. The van der Waals surface area contributed by atoms with E-state index in [4.69, 9.17) is 0 Å². The van der Waals surface area contributed by atoms with Crippen LogP contribution in [0.15, 0.2) is 137 Å². The molecule has 0 aliphatic carbocycles. The maximum absolute atomic E-state index is 14.2. The van der Waals surface area contributed by atoms with Crippen LogP contribution in [0.5, 0.6) is 0 Å². The standard InChI is InChI=1S/C37H21N3O2/c41-36-25-14-7-8-16-30(25)40-33-19-32-26(18-27(33)37(42)29-21-38-20-28(36)35(29)40)34-24(22-10-3-1-4-11-22)15-9-17-31(34)39(32)23-12-5-2-6-13-23/h1-21H. The summed E-state index contributed by atoms with van der Waals surface area (Å²) in [5.41, 5.74) is 7.18. The quantitative estimate of drug-likeness (QED) is 0.167. The first-order valence-electron chi connectivity index (χ1n) is 13.9. The molecule has 0 unspecified atom stereocenters. The van der Waals surface area contributed by atoms with Gasteiger partial charge in [0.05, 0.1) is 38.4 Å². The second kappa shape index (κ2) is 8.35. The lowest BCUT2D eigenvalue weighted by Gasteiger charge is -2.15. The minimum absolute atomic E-state index is 0.116. The summed E-state index contributed by atoms with van der Waals surface area (Å²) in [5, 5.41) is 4.16. The largest absolute Gasteiger partial charge is 0.309 e. The van der Waals surface area contributed by atoms with Gasteiger partial charge in [-0.15, -0.1) is 0 Å². The van der Waals surface area contributed by atoms with E-state index in [1.54, 1.807) is 12.4 Å². The highest BCUT2D eigenvalue weighted by atomic mass is 16.1. The predicted molar refractivity (Wildman–Crippen MR) is 171 cm³/mol. The minimum atomic E-state index is -0.127. The molecule has 0 bridgehead atoms. The number of fused-ring (bicyclic) bond motifs is 7. The van der Waals surface area contributed by atoms with E-state index in [-0.39, 0.29) is 10.9 Å². The molecule has 0 amide bonds. The van der Waals surface area contributed by atoms with Crippen molar-refractivity contribution in [3.05, 3.63) is 148 Å². The van der Waals surface area contributed by atoms with Gasteiger partial charge in [-0.25, -0.2) is 0 Å². The van der Waals surface area contributed by atoms with Crippen molar-refractivity contribution in [1.82, 2.24) is 14.0 Å². The second-order valence-electron chi connectivity index (χ2n) is 10.7. The fourth-order valence-electron chi connectivity index (χ4n) is 6.73. The van der Waals surface area contributed by atoms with E-state index in [1.807, 2.05) is 66.7 Å². The number of nitrogens with zero attached hydrogens (tertiary/aromatic N) is 3. The van der Waals surface area contributed by atoms with E-state index in [1.165, 1.54) is 0 Å². The van der Waals surface area contributed by atoms with Crippen LogP contribution in [0.2, 0.25) is 0 Å². The molecule has 9 aromatic rings. The number of benzene rings is 5. The molecule has 0 N–H and O–H groups in total. The van der Waals surface area contributed by atoms with E-state index in [9.17, 15) is 9.59 Å². The fourth-order valence-corrected chi connectivity index (χ4v) is 6.73. The van der Waals surface area contributed by atoms with E-state index in [0.717, 1.165) is 49.7 Å². The molecule has 0 fully saturated rings. The van der Waals surface area contributed by atoms with Gasteiger partial charge in [-0.2, -0.15) is 0 Å². The van der Waals surface area contributed by atoms with Gasteiger partial charge in [0, 0.05) is 39.6 Å². The maximum atomic E-state index is 14.2. The lowest BCUT2D eigenvalue weighted by Crippen LogP contribution is -2.14. The molecule has 0 radical (unpaired) electrons. The first kappa shape index (κ1) is 22.9. The molecule has 0 aliphatic rings. The van der Waals surface area contributed by atoms with Gasteiger partial charge in [-0.05, 0) is 53.6 Å². The highest BCUT2D eigenvalue weighted by molar-refractivity contribution is 6.19. The third-order valence-corrected chi connectivity index (χ3v) is 8.51. The van der Waals surface area contributed by atoms with Gasteiger partial charge in [-0.1, -0.05) is 72.8 Å². The van der Waals surface area contributed by atoms with Crippen molar-refractivity contribution >= 4 is 59.9 Å². The van der Waals surface area contributed by atoms with Gasteiger partial charge in [0.15, 0.2) is 10.9 Å². The molecule has 4 heterocycles. The Bertz CT molecular complexity index is 2660. The zero-order valence-electron chi connectivity index (χ0n) is 22.3. The number of para-hydroxylation sites is 2. The average Bonchev–Trinajstić information content (AvgIpc) is 3.38. The van der Waals surface area contributed by atoms with E-state index in [0.29, 0.717) is 27.1 Å². The first-order chi connectivity index (χ1) is 20.7. The summed E-state index contributed by atoms with van der Waals surface area (Å²) in [4.78, 5) is 32.0. The Morgan fingerprint density at radius 1 is 0.500 bits per heavy atom. The Morgan fingerprint density at radius 2 is 1.17 bits per heavy atom. The Kier molecular flexibility index (Phi) is 4.56. The monoisotopic (exact) mass is 539 g/mol. The van der Waals surface area contributed by atoms with Crippen LogP contribution in [0.3, 0.4) is 0 Å². The van der Waals surface area contributed by atoms with Crippen LogP contribution in [0.1, 0.15) is 0 Å². The summed E-state index contributed by atoms with van der Waals surface area (Å²) in [6, 6.07) is 38.8. The molecule has 196 valence electrons. The molecule has 5 heteroatoms. The predicted octanol–water partition coefficient (Wildman–Crippen LogP) is 7.72. The lowest BCUT2D eigenvalue weighted by atomic mass is 9.98. The van der Waals surface area contributed by atoms with Crippen LogP contribution >= 0.6 is 0 Å². The normalized spacial score (nSPS) is 12.0. The van der Waals surface area contributed by atoms with Crippen molar-refractivity contribution in [2.75, 3.05) is 0 Å². The Hall–Kier alpha value is -5.81. The third kappa shape index (κ3) is 2.94. The molecule has 5 nitrogen and oxygen atoms in total. The Morgan fingerprint density at radius 3 is 1.95 bits per heavy atom. The molecule has 42 heavy (non-hydrogen) atoms. The highest BCUT2D eigenvalue weighted by Gasteiger charge is 2.21. The van der Waals surface area contributed by atoms with Gasteiger partial charge in [0.2, 0.25) is 0 Å². The number of aromatic nitrogens is 3. The summed E-state index contributed by atoms with van der Waals surface area (Å²) < 4.78 is 4.34. The number of hydrogen-bond donors (Lipinski definition) is 0. The van der Waals surface area contributed by atoms with Gasteiger partial charge >= 0.3 is 0 Å². The van der Waals surface area contributed by atoms with Gasteiger partial charge in [-0.3, -0.25) is 14.6 Å². The van der Waals surface area contributed by atoms with Crippen molar-refractivity contribution in [3.63, 3.8) is 0 Å². The van der Waals surface area contributed by atoms with Gasteiger partial charge < -0.3 is 8.97 Å². The van der Waals surface area contributed by atoms with Crippen molar-refractivity contribution in [2.45, 2.75) is 0 Å². The lowest BCUT2D eigenvalue weighted by molar-refractivity contribution is 1.18. The molecule has 0 saturated carbocycles. The number of rotatable bonds is 2. The number of pyridine rings is 3. The molecule has 0 saturated heterocycles. The van der Waals surface area contributed by atoms with Crippen LogP contribution in [0.25, 0.3) is 76.7 Å². The highest BCUT2D eigenvalue weighted by Crippen LogP contribution is 2.40. The smallest absolute Gasteiger partial charge is 0.198 e. The summed E-state index contributed by atoms with van der Waals surface area (Å²) in [5.74, 6) is 0. The minimum Gasteiger partial charge on any atom is -0.309 e. The van der Waals surface area contributed by atoms with Gasteiger partial charge in [0.25, 0.3) is 0 Å². The van der Waals surface area contributed by atoms with E-state index in [2.05, 4.69) is 62.5 Å². The molecule has 0 atom stereocenters. The zero-order valence-corrected chi connectivity index (χ0v) is 22.3. The van der Waals surface area contributed by atoms with Gasteiger partial charge in [0.1, 0.15) is 0 Å². The van der Waals surface area contributed by atoms with Crippen LogP contribution in [0.4, 0.5) is 0 Å². The van der Waals surface area contributed by atoms with Crippen molar-refractivity contribution < 1.29 is 0 Å². The molecule has 0 spiro atoms. The van der Waals surface area contributed by atoms with Crippen LogP contribution in [0, 0.1) is 0 Å². The molecule has 4 aromatic heterocycles. The van der Waals surface area contributed by atoms with Crippen molar-refractivity contribution in [3.8, 4) is 16.8 Å². The first-order valence-corrected chi connectivity index (χ1v) is 13.9. The van der Waals surface area contributed by atoms with Crippen molar-refractivity contribution in [2.24, 2.45) is 0 Å². The zero-order chi connectivity index (χ0) is 27.9. The summed E-state index contributed by atoms with van der Waals surface area (Å²) in [7, 11) is 0. The van der Waals surface area contributed by atoms with Crippen molar-refractivity contribution in [1.29, 1.82) is 0 Å². The summed E-state index contributed by atoms with van der Waals surface area (Å²) in [6.07, 6.45) is 3.17. The van der Waals surface area contributed by atoms with E-state index >= 15 is 0 Å². The van der Waals surface area contributed by atoms with Crippen LogP contribution < -0.4 is 10.9 Å². The topological polar surface area (TPSA) is 56.4 Å². The third-order valence-electron chi connectivity index (χ3n) is 8.51. The second-order valence-corrected chi connectivity index (χ2v) is 10.7. The summed E-state index contributed by atoms with van der Waals surface area (Å²) in [6.45, 7) is 0. The molecule has 5 aromatic carbocycles. The molecular formula is C37H21N3O2. The fraction of sp³-hybridized carbons (Fsp3) is 0.